The first-order chi connectivity index (χ1) is 9.70. The summed E-state index contributed by atoms with van der Waals surface area (Å²) in [6.45, 7) is 1.67. The fourth-order valence-corrected chi connectivity index (χ4v) is 2.44. The number of carbonyl (C=O) groups excluding carboxylic acids is 2. The minimum atomic E-state index is -0.225. The number of hydrogen-bond donors (Lipinski definition) is 1. The molecule has 20 heavy (non-hydrogen) atoms. The van der Waals surface area contributed by atoms with E-state index in [-0.39, 0.29) is 18.4 Å². The van der Waals surface area contributed by atoms with Gasteiger partial charge < -0.3 is 10.2 Å². The van der Waals surface area contributed by atoms with Gasteiger partial charge in [-0.15, -0.1) is 11.6 Å². The zero-order valence-corrected chi connectivity index (χ0v) is 12.2. The summed E-state index contributed by atoms with van der Waals surface area (Å²) in [6, 6.07) is 7.07. The molecule has 0 spiro atoms. The highest BCUT2D eigenvalue weighted by Gasteiger charge is 2.17. The highest BCUT2D eigenvalue weighted by molar-refractivity contribution is 6.17. The van der Waals surface area contributed by atoms with Crippen molar-refractivity contribution in [1.29, 1.82) is 0 Å². The molecule has 5 heteroatoms. The molecule has 4 nitrogen and oxygen atoms in total. The van der Waals surface area contributed by atoms with Crippen molar-refractivity contribution in [3.63, 3.8) is 0 Å². The van der Waals surface area contributed by atoms with Crippen molar-refractivity contribution in [2.24, 2.45) is 0 Å². The third kappa shape index (κ3) is 3.97. The smallest absolute Gasteiger partial charge is 0.251 e. The Morgan fingerprint density at radius 1 is 1.10 bits per heavy atom. The van der Waals surface area contributed by atoms with E-state index >= 15 is 0 Å². The first-order valence-electron chi connectivity index (χ1n) is 6.91. The minimum absolute atomic E-state index is 0.00423. The molecule has 1 aliphatic heterocycles. The molecule has 0 unspecified atom stereocenters. The van der Waals surface area contributed by atoms with Crippen LogP contribution in [-0.2, 0) is 10.7 Å². The van der Waals surface area contributed by atoms with Crippen LogP contribution in [0.15, 0.2) is 24.3 Å². The van der Waals surface area contributed by atoms with Gasteiger partial charge in [-0.2, -0.15) is 0 Å². The Morgan fingerprint density at radius 3 is 2.35 bits per heavy atom. The SMILES string of the molecule is O=C(NCC(=O)N1CCCCC1)c1ccc(CCl)cc1. The molecule has 0 aliphatic carbocycles. The molecule has 0 saturated carbocycles. The number of nitrogens with one attached hydrogen (secondary N) is 1. The lowest BCUT2D eigenvalue weighted by atomic mass is 10.1. The van der Waals surface area contributed by atoms with E-state index in [4.69, 9.17) is 11.6 Å². The molecule has 1 aromatic carbocycles. The van der Waals surface area contributed by atoms with Crippen LogP contribution in [-0.4, -0.2) is 36.3 Å². The second-order valence-electron chi connectivity index (χ2n) is 4.95. The van der Waals surface area contributed by atoms with E-state index < -0.39 is 0 Å². The van der Waals surface area contributed by atoms with Gasteiger partial charge in [-0.3, -0.25) is 9.59 Å². The van der Waals surface area contributed by atoms with Gasteiger partial charge in [-0.1, -0.05) is 12.1 Å². The van der Waals surface area contributed by atoms with Crippen LogP contribution in [0.1, 0.15) is 35.2 Å². The molecule has 1 saturated heterocycles. The van der Waals surface area contributed by atoms with Crippen LogP contribution in [0.2, 0.25) is 0 Å². The van der Waals surface area contributed by atoms with Gasteiger partial charge in [0.1, 0.15) is 0 Å². The number of hydrogen-bond acceptors (Lipinski definition) is 2. The molecule has 0 atom stereocenters. The van der Waals surface area contributed by atoms with E-state index in [1.165, 1.54) is 6.42 Å². The Labute approximate surface area is 124 Å². The number of benzene rings is 1. The van der Waals surface area contributed by atoms with Gasteiger partial charge in [-0.05, 0) is 37.0 Å². The molecule has 1 fully saturated rings. The van der Waals surface area contributed by atoms with Crippen molar-refractivity contribution in [1.82, 2.24) is 10.2 Å². The summed E-state index contributed by atoms with van der Waals surface area (Å²) >= 11 is 5.70. The number of carbonyl (C=O) groups is 2. The van der Waals surface area contributed by atoms with E-state index in [1.807, 2.05) is 17.0 Å². The van der Waals surface area contributed by atoms with Gasteiger partial charge >= 0.3 is 0 Å². The van der Waals surface area contributed by atoms with Crippen molar-refractivity contribution in [2.75, 3.05) is 19.6 Å². The number of likely N-dealkylation sites (tertiary alicyclic amines) is 1. The first-order valence-corrected chi connectivity index (χ1v) is 7.45. The van der Waals surface area contributed by atoms with Crippen molar-refractivity contribution in [3.8, 4) is 0 Å². The number of piperidine rings is 1. The van der Waals surface area contributed by atoms with Gasteiger partial charge in [0.2, 0.25) is 5.91 Å². The zero-order valence-electron chi connectivity index (χ0n) is 11.4. The maximum atomic E-state index is 11.9. The molecular formula is C15H19ClN2O2. The lowest BCUT2D eigenvalue weighted by Gasteiger charge is -2.26. The molecule has 1 aliphatic rings. The third-order valence-electron chi connectivity index (χ3n) is 3.48. The van der Waals surface area contributed by atoms with Crippen molar-refractivity contribution in [3.05, 3.63) is 35.4 Å². The fraction of sp³-hybridized carbons (Fsp3) is 0.467. The highest BCUT2D eigenvalue weighted by Crippen LogP contribution is 2.09. The van der Waals surface area contributed by atoms with Crippen LogP contribution in [0.3, 0.4) is 0 Å². The molecule has 2 rings (SSSR count). The summed E-state index contributed by atoms with van der Waals surface area (Å²) in [5, 5.41) is 2.67. The van der Waals surface area contributed by atoms with E-state index in [0.29, 0.717) is 11.4 Å². The van der Waals surface area contributed by atoms with Crippen molar-refractivity contribution in [2.45, 2.75) is 25.1 Å². The summed E-state index contributed by atoms with van der Waals surface area (Å²) in [7, 11) is 0. The topological polar surface area (TPSA) is 49.4 Å². The fourth-order valence-electron chi connectivity index (χ4n) is 2.26. The molecule has 1 N–H and O–H groups in total. The van der Waals surface area contributed by atoms with E-state index in [1.54, 1.807) is 12.1 Å². The van der Waals surface area contributed by atoms with E-state index in [9.17, 15) is 9.59 Å². The van der Waals surface area contributed by atoms with Crippen LogP contribution in [0.5, 0.6) is 0 Å². The van der Waals surface area contributed by atoms with Gasteiger partial charge in [0.25, 0.3) is 5.91 Å². The maximum absolute atomic E-state index is 11.9. The molecule has 2 amide bonds. The summed E-state index contributed by atoms with van der Waals surface area (Å²) < 4.78 is 0. The minimum Gasteiger partial charge on any atom is -0.343 e. The van der Waals surface area contributed by atoms with Crippen molar-refractivity contribution < 1.29 is 9.59 Å². The second-order valence-corrected chi connectivity index (χ2v) is 5.22. The maximum Gasteiger partial charge on any atom is 0.251 e. The Hall–Kier alpha value is -1.55. The van der Waals surface area contributed by atoms with E-state index in [2.05, 4.69) is 5.32 Å². The monoisotopic (exact) mass is 294 g/mol. The van der Waals surface area contributed by atoms with Crippen LogP contribution in [0.4, 0.5) is 0 Å². The molecular weight excluding hydrogens is 276 g/mol. The lowest BCUT2D eigenvalue weighted by molar-refractivity contribution is -0.130. The average molecular weight is 295 g/mol. The van der Waals surface area contributed by atoms with E-state index in [0.717, 1.165) is 31.5 Å². The van der Waals surface area contributed by atoms with Crippen LogP contribution in [0.25, 0.3) is 0 Å². The van der Waals surface area contributed by atoms with Crippen LogP contribution < -0.4 is 5.32 Å². The molecule has 0 radical (unpaired) electrons. The number of amides is 2. The summed E-state index contributed by atoms with van der Waals surface area (Å²) in [6.07, 6.45) is 3.29. The quantitative estimate of drug-likeness (QED) is 0.865. The van der Waals surface area contributed by atoms with Crippen LogP contribution in [0, 0.1) is 0 Å². The average Bonchev–Trinajstić information content (AvgIpc) is 2.53. The second kappa shape index (κ2) is 7.29. The molecule has 0 bridgehead atoms. The van der Waals surface area contributed by atoms with Crippen LogP contribution >= 0.6 is 11.6 Å². The standard InChI is InChI=1S/C15H19ClN2O2/c16-10-12-4-6-13(7-5-12)15(20)17-11-14(19)18-8-2-1-3-9-18/h4-7H,1-3,8-11H2,(H,17,20). The normalized spacial score (nSPS) is 14.9. The molecule has 0 aromatic heterocycles. The largest absolute Gasteiger partial charge is 0.343 e. The number of rotatable bonds is 4. The predicted molar refractivity (Wildman–Crippen MR) is 78.8 cm³/mol. The molecule has 108 valence electrons. The zero-order chi connectivity index (χ0) is 14.4. The van der Waals surface area contributed by atoms with Gasteiger partial charge in [0.05, 0.1) is 6.54 Å². The molecule has 1 aromatic rings. The van der Waals surface area contributed by atoms with Gasteiger partial charge in [-0.25, -0.2) is 0 Å². The highest BCUT2D eigenvalue weighted by atomic mass is 35.5. The first kappa shape index (κ1) is 14.9. The third-order valence-corrected chi connectivity index (χ3v) is 3.79. The Balaban J connectivity index is 1.83. The lowest BCUT2D eigenvalue weighted by Crippen LogP contribution is -2.42. The van der Waals surface area contributed by atoms with Gasteiger partial charge in [0, 0.05) is 24.5 Å². The van der Waals surface area contributed by atoms with Crippen molar-refractivity contribution >= 4 is 23.4 Å². The Bertz CT molecular complexity index is 467. The predicted octanol–water partition coefficient (Wildman–Crippen LogP) is 2.17. The summed E-state index contributed by atoms with van der Waals surface area (Å²) in [4.78, 5) is 25.7. The Morgan fingerprint density at radius 2 is 1.75 bits per heavy atom. The number of nitrogens with zero attached hydrogens (tertiary/aromatic N) is 1. The van der Waals surface area contributed by atoms with Gasteiger partial charge in [0.15, 0.2) is 0 Å². The number of alkyl halides is 1. The summed E-state index contributed by atoms with van der Waals surface area (Å²) in [5.74, 6) is 0.196. The number of halogens is 1. The Kier molecular flexibility index (Phi) is 5.41. The molecule has 1 heterocycles. The summed E-state index contributed by atoms with van der Waals surface area (Å²) in [5.41, 5.74) is 1.51.